The smallest absolute Gasteiger partial charge is 0.115 e. The van der Waals surface area contributed by atoms with Crippen LogP contribution in [0.25, 0.3) is 0 Å². The van der Waals surface area contributed by atoms with Gasteiger partial charge in [0.1, 0.15) is 5.75 Å². The summed E-state index contributed by atoms with van der Waals surface area (Å²) < 4.78 is 5.40. The Morgan fingerprint density at radius 1 is 1.38 bits per heavy atom. The number of ether oxygens (including phenoxy) is 1. The third-order valence-corrected chi connectivity index (χ3v) is 3.04. The van der Waals surface area contributed by atoms with Crippen LogP contribution in [0.1, 0.15) is 18.4 Å². The molecule has 1 N–H and O–H groups in total. The van der Waals surface area contributed by atoms with Crippen molar-refractivity contribution < 1.29 is 9.84 Å². The predicted molar refractivity (Wildman–Crippen MR) is 59.9 cm³/mol. The molecule has 1 aromatic carbocycles. The summed E-state index contributed by atoms with van der Waals surface area (Å²) in [7, 11) is 0. The molecule has 0 amide bonds. The Labute approximate surface area is 95.3 Å². The van der Waals surface area contributed by atoms with E-state index in [0.29, 0.717) is 13.0 Å². The van der Waals surface area contributed by atoms with Crippen molar-refractivity contribution in [3.8, 4) is 11.8 Å². The minimum absolute atomic E-state index is 0.259. The van der Waals surface area contributed by atoms with Gasteiger partial charge in [0.05, 0.1) is 18.1 Å². The van der Waals surface area contributed by atoms with E-state index in [9.17, 15) is 10.4 Å². The van der Waals surface area contributed by atoms with Gasteiger partial charge in [-0.3, -0.25) is 0 Å². The fourth-order valence-corrected chi connectivity index (χ4v) is 2.12. The van der Waals surface area contributed by atoms with Gasteiger partial charge in [-0.15, -0.1) is 0 Å². The molecule has 1 aliphatic heterocycles. The summed E-state index contributed by atoms with van der Waals surface area (Å²) in [5.41, 5.74) is 0.694. The molecule has 0 bridgehead atoms. The summed E-state index contributed by atoms with van der Waals surface area (Å²) in [5.74, 6) is 0.259. The molecule has 16 heavy (non-hydrogen) atoms. The standard InChI is InChI=1S/C13H15NO2/c14-9-13(6-1-7-16-10-13)8-11-2-4-12(15)5-3-11/h2-5,15H,1,6-8,10H2. The molecule has 1 aliphatic rings. The first kappa shape index (κ1) is 11.0. The Morgan fingerprint density at radius 3 is 2.69 bits per heavy atom. The molecule has 0 spiro atoms. The number of nitrogens with zero attached hydrogens (tertiary/aromatic N) is 1. The van der Waals surface area contributed by atoms with Gasteiger partial charge < -0.3 is 9.84 Å². The van der Waals surface area contributed by atoms with E-state index in [0.717, 1.165) is 25.0 Å². The summed E-state index contributed by atoms with van der Waals surface area (Å²) in [6, 6.07) is 9.43. The highest BCUT2D eigenvalue weighted by molar-refractivity contribution is 5.27. The highest BCUT2D eigenvalue weighted by atomic mass is 16.5. The van der Waals surface area contributed by atoms with Gasteiger partial charge in [-0.25, -0.2) is 0 Å². The molecule has 0 aromatic heterocycles. The molecular formula is C13H15NO2. The van der Waals surface area contributed by atoms with E-state index >= 15 is 0 Å². The lowest BCUT2D eigenvalue weighted by Gasteiger charge is -2.30. The van der Waals surface area contributed by atoms with Crippen LogP contribution in [-0.2, 0) is 11.2 Å². The molecule has 2 rings (SSSR count). The van der Waals surface area contributed by atoms with Crippen LogP contribution in [0.4, 0.5) is 0 Å². The van der Waals surface area contributed by atoms with Gasteiger partial charge in [-0.2, -0.15) is 5.26 Å². The van der Waals surface area contributed by atoms with E-state index in [-0.39, 0.29) is 11.2 Å². The molecule has 84 valence electrons. The fraction of sp³-hybridized carbons (Fsp3) is 0.462. The third kappa shape index (κ3) is 2.34. The molecule has 1 aromatic rings. The first-order valence-electron chi connectivity index (χ1n) is 5.51. The molecule has 1 saturated heterocycles. The second-order valence-corrected chi connectivity index (χ2v) is 4.39. The lowest BCUT2D eigenvalue weighted by Crippen LogP contribution is -2.32. The monoisotopic (exact) mass is 217 g/mol. The van der Waals surface area contributed by atoms with Crippen LogP contribution in [0.3, 0.4) is 0 Å². The SMILES string of the molecule is N#CC1(Cc2ccc(O)cc2)CCCOC1. The maximum Gasteiger partial charge on any atom is 0.115 e. The van der Waals surface area contributed by atoms with Crippen LogP contribution in [-0.4, -0.2) is 18.3 Å². The second-order valence-electron chi connectivity index (χ2n) is 4.39. The average Bonchev–Trinajstić information content (AvgIpc) is 2.33. The van der Waals surface area contributed by atoms with Crippen molar-refractivity contribution in [1.82, 2.24) is 0 Å². The molecule has 3 nitrogen and oxygen atoms in total. The Bertz CT molecular complexity index is 385. The van der Waals surface area contributed by atoms with Crippen LogP contribution in [0.5, 0.6) is 5.75 Å². The first-order valence-corrected chi connectivity index (χ1v) is 5.51. The predicted octanol–water partition coefficient (Wildman–Crippen LogP) is 2.26. The lowest BCUT2D eigenvalue weighted by atomic mass is 9.79. The van der Waals surface area contributed by atoms with E-state index < -0.39 is 0 Å². The highest BCUT2D eigenvalue weighted by Gasteiger charge is 2.33. The van der Waals surface area contributed by atoms with Crippen molar-refractivity contribution in [2.45, 2.75) is 19.3 Å². The molecule has 0 saturated carbocycles. The normalized spacial score (nSPS) is 24.9. The van der Waals surface area contributed by atoms with Crippen molar-refractivity contribution >= 4 is 0 Å². The maximum absolute atomic E-state index is 9.28. The Balaban J connectivity index is 2.12. The van der Waals surface area contributed by atoms with E-state index in [1.807, 2.05) is 12.1 Å². The molecule has 1 atom stereocenters. The number of benzene rings is 1. The van der Waals surface area contributed by atoms with E-state index in [4.69, 9.17) is 4.74 Å². The quantitative estimate of drug-likeness (QED) is 0.826. The highest BCUT2D eigenvalue weighted by Crippen LogP contribution is 2.32. The van der Waals surface area contributed by atoms with Gasteiger partial charge >= 0.3 is 0 Å². The molecule has 0 aliphatic carbocycles. The van der Waals surface area contributed by atoms with Crippen molar-refractivity contribution in [2.75, 3.05) is 13.2 Å². The number of nitriles is 1. The van der Waals surface area contributed by atoms with Gasteiger partial charge in [0.2, 0.25) is 0 Å². The van der Waals surface area contributed by atoms with Gasteiger partial charge in [0, 0.05) is 6.61 Å². The van der Waals surface area contributed by atoms with E-state index in [2.05, 4.69) is 6.07 Å². The second kappa shape index (κ2) is 4.54. The van der Waals surface area contributed by atoms with Crippen LogP contribution >= 0.6 is 0 Å². The van der Waals surface area contributed by atoms with Crippen LogP contribution in [0.15, 0.2) is 24.3 Å². The van der Waals surface area contributed by atoms with Crippen molar-refractivity contribution in [1.29, 1.82) is 5.26 Å². The fourth-order valence-electron chi connectivity index (χ4n) is 2.12. The summed E-state index contributed by atoms with van der Waals surface area (Å²) in [4.78, 5) is 0. The van der Waals surface area contributed by atoms with Gasteiger partial charge in [-0.1, -0.05) is 12.1 Å². The molecular weight excluding hydrogens is 202 g/mol. The average molecular weight is 217 g/mol. The Hall–Kier alpha value is -1.53. The lowest BCUT2D eigenvalue weighted by molar-refractivity contribution is 0.0224. The van der Waals surface area contributed by atoms with Crippen LogP contribution < -0.4 is 0 Å². The van der Waals surface area contributed by atoms with Gasteiger partial charge in [0.15, 0.2) is 0 Å². The molecule has 3 heteroatoms. The number of hydrogen-bond donors (Lipinski definition) is 1. The number of phenols is 1. The topological polar surface area (TPSA) is 53.2 Å². The minimum Gasteiger partial charge on any atom is -0.508 e. The van der Waals surface area contributed by atoms with Crippen molar-refractivity contribution in [3.05, 3.63) is 29.8 Å². The number of phenolic OH excluding ortho intramolecular Hbond substituents is 1. The summed E-state index contributed by atoms with van der Waals surface area (Å²) in [5, 5.41) is 18.5. The Kier molecular flexibility index (Phi) is 3.12. The number of aromatic hydroxyl groups is 1. The molecule has 0 radical (unpaired) electrons. The molecule has 1 fully saturated rings. The summed E-state index contributed by atoms with van der Waals surface area (Å²) >= 11 is 0. The van der Waals surface area contributed by atoms with Crippen LogP contribution in [0.2, 0.25) is 0 Å². The number of hydrogen-bond acceptors (Lipinski definition) is 3. The zero-order valence-electron chi connectivity index (χ0n) is 9.15. The zero-order valence-corrected chi connectivity index (χ0v) is 9.15. The van der Waals surface area contributed by atoms with Gasteiger partial charge in [0.25, 0.3) is 0 Å². The molecule has 1 heterocycles. The number of rotatable bonds is 2. The van der Waals surface area contributed by atoms with Gasteiger partial charge in [-0.05, 0) is 37.0 Å². The van der Waals surface area contributed by atoms with Crippen LogP contribution in [0, 0.1) is 16.7 Å². The maximum atomic E-state index is 9.28. The zero-order chi connectivity index (χ0) is 11.4. The third-order valence-electron chi connectivity index (χ3n) is 3.04. The van der Waals surface area contributed by atoms with E-state index in [1.165, 1.54) is 0 Å². The van der Waals surface area contributed by atoms with Crippen molar-refractivity contribution in [2.24, 2.45) is 5.41 Å². The molecule has 1 unspecified atom stereocenters. The first-order chi connectivity index (χ1) is 7.74. The van der Waals surface area contributed by atoms with E-state index in [1.54, 1.807) is 12.1 Å². The minimum atomic E-state index is -0.380. The Morgan fingerprint density at radius 2 is 2.12 bits per heavy atom. The summed E-state index contributed by atoms with van der Waals surface area (Å²) in [6.45, 7) is 1.28. The summed E-state index contributed by atoms with van der Waals surface area (Å²) in [6.07, 6.45) is 2.54. The van der Waals surface area contributed by atoms with Crippen molar-refractivity contribution in [3.63, 3.8) is 0 Å². The largest absolute Gasteiger partial charge is 0.508 e.